The quantitative estimate of drug-likeness (QED) is 0.769. The minimum absolute atomic E-state index is 0.0674. The van der Waals surface area contributed by atoms with E-state index in [1.165, 1.54) is 8.42 Å². The van der Waals surface area contributed by atoms with E-state index in [1.807, 2.05) is 0 Å². The standard InChI is InChI=1S/C7H8O2S5/c1-8-3-4(9-2)12-6-5(11-3)13-7(10)14-6/h3-4H,1-2H3. The molecule has 0 radical (unpaired) electrons. The van der Waals surface area contributed by atoms with Crippen molar-refractivity contribution in [3.63, 3.8) is 0 Å². The zero-order valence-electron chi connectivity index (χ0n) is 7.51. The Balaban J connectivity index is 2.28. The summed E-state index contributed by atoms with van der Waals surface area (Å²) in [5.41, 5.74) is 0.135. The van der Waals surface area contributed by atoms with Gasteiger partial charge in [-0.15, -0.1) is 22.7 Å². The van der Waals surface area contributed by atoms with E-state index in [-0.39, 0.29) is 10.9 Å². The molecule has 78 valence electrons. The first-order valence-corrected chi connectivity index (χ1v) is 7.57. The fourth-order valence-electron chi connectivity index (χ4n) is 1.04. The number of methoxy groups -OCH3 is 2. The third-order valence-electron chi connectivity index (χ3n) is 1.65. The highest BCUT2D eigenvalue weighted by molar-refractivity contribution is 8.09. The summed E-state index contributed by atoms with van der Waals surface area (Å²) < 4.78 is 14.2. The lowest BCUT2D eigenvalue weighted by atomic mass is 10.7. The maximum absolute atomic E-state index is 5.36. The Morgan fingerprint density at radius 2 is 1.43 bits per heavy atom. The van der Waals surface area contributed by atoms with Crippen LogP contribution in [0.3, 0.4) is 0 Å². The van der Waals surface area contributed by atoms with E-state index in [0.717, 1.165) is 3.14 Å². The molecule has 1 aliphatic heterocycles. The van der Waals surface area contributed by atoms with Gasteiger partial charge in [-0.3, -0.25) is 0 Å². The van der Waals surface area contributed by atoms with Crippen molar-refractivity contribution in [1.29, 1.82) is 0 Å². The monoisotopic (exact) mass is 284 g/mol. The van der Waals surface area contributed by atoms with Gasteiger partial charge in [-0.25, -0.2) is 0 Å². The van der Waals surface area contributed by atoms with E-state index in [4.69, 9.17) is 21.7 Å². The minimum Gasteiger partial charge on any atom is -0.367 e. The van der Waals surface area contributed by atoms with Gasteiger partial charge in [0.05, 0.1) is 8.42 Å². The summed E-state index contributed by atoms with van der Waals surface area (Å²) in [5.74, 6) is 0. The Morgan fingerprint density at radius 3 is 1.79 bits per heavy atom. The number of fused-ring (bicyclic) bond motifs is 1. The molecule has 1 aromatic heterocycles. The van der Waals surface area contributed by atoms with Crippen molar-refractivity contribution < 1.29 is 9.47 Å². The Labute approximate surface area is 104 Å². The summed E-state index contributed by atoms with van der Waals surface area (Å²) in [6.45, 7) is 0. The van der Waals surface area contributed by atoms with Crippen LogP contribution in [0.2, 0.25) is 0 Å². The van der Waals surface area contributed by atoms with Crippen molar-refractivity contribution in [1.82, 2.24) is 0 Å². The average molecular weight is 284 g/mol. The smallest absolute Gasteiger partial charge is 0.145 e. The largest absolute Gasteiger partial charge is 0.367 e. The van der Waals surface area contributed by atoms with Gasteiger partial charge in [0.25, 0.3) is 0 Å². The fourth-order valence-corrected chi connectivity index (χ4v) is 7.43. The van der Waals surface area contributed by atoms with E-state index in [0.29, 0.717) is 0 Å². The molecule has 0 amide bonds. The molecule has 0 aromatic carbocycles. The molecule has 0 saturated heterocycles. The molecule has 1 aliphatic rings. The van der Waals surface area contributed by atoms with Gasteiger partial charge in [-0.1, -0.05) is 35.7 Å². The van der Waals surface area contributed by atoms with Crippen LogP contribution in [0, 0.1) is 3.14 Å². The Hall–Kier alpha value is 0.890. The summed E-state index contributed by atoms with van der Waals surface area (Å²) in [4.78, 5) is 0. The highest BCUT2D eigenvalue weighted by atomic mass is 32.2. The van der Waals surface area contributed by atoms with E-state index in [2.05, 4.69) is 0 Å². The predicted molar refractivity (Wildman–Crippen MR) is 66.3 cm³/mol. The SMILES string of the molecule is COC1Sc2sc(=S)sc2SC1OC. The molecule has 14 heavy (non-hydrogen) atoms. The van der Waals surface area contributed by atoms with Crippen LogP contribution in [0.1, 0.15) is 0 Å². The van der Waals surface area contributed by atoms with Crippen molar-refractivity contribution in [2.24, 2.45) is 0 Å². The van der Waals surface area contributed by atoms with E-state index in [1.54, 1.807) is 60.4 Å². The zero-order chi connectivity index (χ0) is 10.1. The molecule has 0 aliphatic carbocycles. The predicted octanol–water partition coefficient (Wildman–Crippen LogP) is 3.68. The molecule has 2 atom stereocenters. The van der Waals surface area contributed by atoms with Gasteiger partial charge >= 0.3 is 0 Å². The molecule has 0 fully saturated rings. The van der Waals surface area contributed by atoms with Gasteiger partial charge in [0.2, 0.25) is 0 Å². The van der Waals surface area contributed by atoms with Crippen molar-refractivity contribution in [2.75, 3.05) is 14.2 Å². The summed E-state index contributed by atoms with van der Waals surface area (Å²) in [6, 6.07) is 0. The summed E-state index contributed by atoms with van der Waals surface area (Å²) in [7, 11) is 3.42. The number of rotatable bonds is 2. The second-order valence-electron chi connectivity index (χ2n) is 2.47. The maximum atomic E-state index is 5.36. The molecular weight excluding hydrogens is 276 g/mol. The molecule has 2 heterocycles. The first kappa shape index (κ1) is 11.4. The normalized spacial score (nSPS) is 26.1. The van der Waals surface area contributed by atoms with Gasteiger partial charge in [0.1, 0.15) is 14.0 Å². The van der Waals surface area contributed by atoms with Gasteiger partial charge in [-0.2, -0.15) is 0 Å². The second-order valence-corrected chi connectivity index (χ2v) is 8.43. The van der Waals surface area contributed by atoms with Crippen LogP contribution >= 0.6 is 58.4 Å². The first-order chi connectivity index (χ1) is 6.74. The topological polar surface area (TPSA) is 18.5 Å². The zero-order valence-corrected chi connectivity index (χ0v) is 11.6. The highest BCUT2D eigenvalue weighted by Crippen LogP contribution is 2.50. The Morgan fingerprint density at radius 1 is 1.00 bits per heavy atom. The molecular formula is C7H8O2S5. The molecule has 1 aromatic rings. The number of hydrogen-bond donors (Lipinski definition) is 0. The third-order valence-corrected chi connectivity index (χ3v) is 7.71. The van der Waals surface area contributed by atoms with E-state index < -0.39 is 0 Å². The van der Waals surface area contributed by atoms with Gasteiger partial charge in [0.15, 0.2) is 0 Å². The molecule has 0 saturated carbocycles. The van der Waals surface area contributed by atoms with Crippen LogP contribution in [-0.2, 0) is 9.47 Å². The molecule has 0 N–H and O–H groups in total. The summed E-state index contributed by atoms with van der Waals surface area (Å²) >= 11 is 11.9. The van der Waals surface area contributed by atoms with E-state index in [9.17, 15) is 0 Å². The lowest BCUT2D eigenvalue weighted by Gasteiger charge is -2.26. The molecule has 2 unspecified atom stereocenters. The molecule has 0 bridgehead atoms. The Bertz CT molecular complexity index is 338. The first-order valence-electron chi connectivity index (χ1n) is 3.77. The van der Waals surface area contributed by atoms with Crippen molar-refractivity contribution >= 4 is 58.4 Å². The molecule has 2 nitrogen and oxygen atoms in total. The number of ether oxygens (including phenoxy) is 2. The van der Waals surface area contributed by atoms with Crippen LogP contribution < -0.4 is 0 Å². The van der Waals surface area contributed by atoms with Crippen molar-refractivity contribution in [2.45, 2.75) is 19.3 Å². The minimum atomic E-state index is 0.0674. The molecule has 2 rings (SSSR count). The number of hydrogen-bond acceptors (Lipinski definition) is 7. The van der Waals surface area contributed by atoms with Crippen LogP contribution in [0.5, 0.6) is 0 Å². The van der Waals surface area contributed by atoms with Gasteiger partial charge < -0.3 is 9.47 Å². The molecule has 0 spiro atoms. The maximum Gasteiger partial charge on any atom is 0.145 e. The van der Waals surface area contributed by atoms with Crippen LogP contribution in [0.4, 0.5) is 0 Å². The highest BCUT2D eigenvalue weighted by Gasteiger charge is 2.31. The lowest BCUT2D eigenvalue weighted by Crippen LogP contribution is -2.25. The number of thioether (sulfide) groups is 2. The average Bonchev–Trinajstić information content (AvgIpc) is 2.54. The van der Waals surface area contributed by atoms with Crippen LogP contribution in [0.25, 0.3) is 0 Å². The molecule has 7 heteroatoms. The van der Waals surface area contributed by atoms with Crippen LogP contribution in [0.15, 0.2) is 8.42 Å². The lowest BCUT2D eigenvalue weighted by molar-refractivity contribution is 0.0599. The van der Waals surface area contributed by atoms with Gasteiger partial charge in [-0.05, 0) is 0 Å². The van der Waals surface area contributed by atoms with E-state index >= 15 is 0 Å². The Kier molecular flexibility index (Phi) is 3.91. The van der Waals surface area contributed by atoms with Crippen molar-refractivity contribution in [3.8, 4) is 0 Å². The summed E-state index contributed by atoms with van der Waals surface area (Å²) in [5, 5.41) is 0. The van der Waals surface area contributed by atoms with Crippen molar-refractivity contribution in [3.05, 3.63) is 3.14 Å². The fraction of sp³-hybridized carbons (Fsp3) is 0.571. The third kappa shape index (κ3) is 2.18. The second kappa shape index (κ2) is 4.82. The summed E-state index contributed by atoms with van der Waals surface area (Å²) in [6.07, 6.45) is 0. The van der Waals surface area contributed by atoms with Gasteiger partial charge in [0, 0.05) is 14.2 Å². The van der Waals surface area contributed by atoms with Crippen LogP contribution in [-0.4, -0.2) is 25.1 Å².